The molecule has 0 aliphatic heterocycles. The second-order valence-electron chi connectivity index (χ2n) is 15.9. The van der Waals surface area contributed by atoms with E-state index >= 15 is 0 Å². The van der Waals surface area contributed by atoms with Crippen LogP contribution >= 0.6 is 7.82 Å². The van der Waals surface area contributed by atoms with Crippen LogP contribution in [-0.4, -0.2) is 60.5 Å². The highest BCUT2D eigenvalue weighted by atomic mass is 31.2. The third-order valence-electron chi connectivity index (χ3n) is 10.1. The van der Waals surface area contributed by atoms with Crippen molar-refractivity contribution >= 4 is 19.8 Å². The lowest BCUT2D eigenvalue weighted by Gasteiger charge is -2.20. The zero-order valence-corrected chi connectivity index (χ0v) is 38.5. The first kappa shape index (κ1) is 56.9. The van der Waals surface area contributed by atoms with E-state index in [1.807, 2.05) is 0 Å². The molecule has 0 radical (unpaired) electrons. The van der Waals surface area contributed by atoms with E-state index in [0.29, 0.717) is 13.0 Å². The molecule has 0 heterocycles. The topological polar surface area (TPSA) is 155 Å². The predicted octanol–water partition coefficient (Wildman–Crippen LogP) is 13.4. The van der Waals surface area contributed by atoms with Gasteiger partial charge in [-0.05, 0) is 70.6 Å². The van der Waals surface area contributed by atoms with Crippen LogP contribution in [0, 0.1) is 0 Å². The SMILES string of the molecule is CC/C=C\C/C=C\C/C=C\CCCCCCCCOCC(COP(=O)(O)OCC(N)C(=O)O)OC(=O)CCCCCCCCCCC/C=C\CCCCCCCCCC. The average Bonchev–Trinajstić information content (AvgIpc) is 3.21. The van der Waals surface area contributed by atoms with E-state index in [4.69, 9.17) is 29.4 Å². The Kier molecular flexibility index (Phi) is 42.5. The quantitative estimate of drug-likeness (QED) is 0.0233. The number of hydrogen-bond donors (Lipinski definition) is 3. The first-order chi connectivity index (χ1) is 28.7. The molecule has 10 nitrogen and oxygen atoms in total. The van der Waals surface area contributed by atoms with Crippen LogP contribution in [0.25, 0.3) is 0 Å². The molecule has 0 aromatic heterocycles. The number of rotatable bonds is 45. The van der Waals surface area contributed by atoms with Gasteiger partial charge in [0.2, 0.25) is 0 Å². The fourth-order valence-electron chi connectivity index (χ4n) is 6.44. The first-order valence-electron chi connectivity index (χ1n) is 23.7. The van der Waals surface area contributed by atoms with Gasteiger partial charge in [-0.15, -0.1) is 0 Å². The second-order valence-corrected chi connectivity index (χ2v) is 17.3. The summed E-state index contributed by atoms with van der Waals surface area (Å²) in [5.74, 6) is -1.78. The summed E-state index contributed by atoms with van der Waals surface area (Å²) in [5, 5.41) is 8.91. The monoisotopic (exact) mass is 854 g/mol. The molecule has 0 aliphatic rings. The molecule has 59 heavy (non-hydrogen) atoms. The summed E-state index contributed by atoms with van der Waals surface area (Å²) >= 11 is 0. The van der Waals surface area contributed by atoms with E-state index in [0.717, 1.165) is 64.2 Å². The summed E-state index contributed by atoms with van der Waals surface area (Å²) in [4.78, 5) is 33.6. The lowest BCUT2D eigenvalue weighted by molar-refractivity contribution is -0.154. The van der Waals surface area contributed by atoms with E-state index in [9.17, 15) is 19.0 Å². The smallest absolute Gasteiger partial charge is 0.472 e. The molecule has 0 aliphatic carbocycles. The Balaban J connectivity index is 4.19. The number of ether oxygens (including phenoxy) is 2. The van der Waals surface area contributed by atoms with Crippen LogP contribution in [0.1, 0.15) is 206 Å². The summed E-state index contributed by atoms with van der Waals surface area (Å²) in [7, 11) is -4.62. The Morgan fingerprint density at radius 1 is 0.559 bits per heavy atom. The molecule has 0 aromatic carbocycles. The first-order valence-corrected chi connectivity index (χ1v) is 25.2. The van der Waals surface area contributed by atoms with Crippen LogP contribution in [0.3, 0.4) is 0 Å². The van der Waals surface area contributed by atoms with Crippen LogP contribution < -0.4 is 5.73 Å². The number of phosphoric ester groups is 1. The summed E-state index contributed by atoms with van der Waals surface area (Å²) in [6, 6.07) is -1.48. The largest absolute Gasteiger partial charge is 0.480 e. The van der Waals surface area contributed by atoms with Crippen LogP contribution in [0.5, 0.6) is 0 Å². The predicted molar refractivity (Wildman–Crippen MR) is 244 cm³/mol. The highest BCUT2D eigenvalue weighted by Gasteiger charge is 2.27. The van der Waals surface area contributed by atoms with Crippen molar-refractivity contribution in [2.75, 3.05) is 26.4 Å². The Morgan fingerprint density at radius 2 is 0.983 bits per heavy atom. The van der Waals surface area contributed by atoms with E-state index in [-0.39, 0.29) is 13.0 Å². The molecule has 11 heteroatoms. The van der Waals surface area contributed by atoms with Crippen LogP contribution in [0.4, 0.5) is 0 Å². The molecule has 0 saturated heterocycles. The van der Waals surface area contributed by atoms with Gasteiger partial charge in [0.15, 0.2) is 0 Å². The van der Waals surface area contributed by atoms with Gasteiger partial charge in [0.25, 0.3) is 0 Å². The van der Waals surface area contributed by atoms with Crippen LogP contribution in [0.2, 0.25) is 0 Å². The maximum Gasteiger partial charge on any atom is 0.472 e. The van der Waals surface area contributed by atoms with Gasteiger partial charge in [-0.1, -0.05) is 178 Å². The van der Waals surface area contributed by atoms with Crippen molar-refractivity contribution in [1.82, 2.24) is 0 Å². The Morgan fingerprint density at radius 3 is 1.49 bits per heavy atom. The molecule has 0 bridgehead atoms. The van der Waals surface area contributed by atoms with E-state index in [1.165, 1.54) is 116 Å². The Hall–Kier alpha value is -2.07. The normalized spacial score (nSPS) is 14.2. The lowest BCUT2D eigenvalue weighted by atomic mass is 10.1. The zero-order valence-electron chi connectivity index (χ0n) is 37.6. The molecule has 3 atom stereocenters. The number of carbonyl (C=O) groups is 2. The minimum atomic E-state index is -4.62. The molecule has 0 fully saturated rings. The zero-order chi connectivity index (χ0) is 43.3. The average molecular weight is 854 g/mol. The molecule has 0 spiro atoms. The molecule has 0 saturated carbocycles. The third-order valence-corrected chi connectivity index (χ3v) is 11.0. The van der Waals surface area contributed by atoms with E-state index < -0.39 is 45.1 Å². The van der Waals surface area contributed by atoms with Crippen LogP contribution in [-0.2, 0) is 32.7 Å². The molecule has 4 N–H and O–H groups in total. The molecule has 0 aromatic rings. The lowest BCUT2D eigenvalue weighted by Crippen LogP contribution is -2.34. The van der Waals surface area contributed by atoms with Gasteiger partial charge < -0.3 is 25.2 Å². The Labute approximate surface area is 360 Å². The molecule has 0 rings (SSSR count). The maximum absolute atomic E-state index is 12.7. The van der Waals surface area contributed by atoms with Gasteiger partial charge in [0.1, 0.15) is 12.1 Å². The van der Waals surface area contributed by atoms with Gasteiger partial charge in [-0.3, -0.25) is 18.6 Å². The molecule has 344 valence electrons. The number of aliphatic carboxylic acids is 1. The fourth-order valence-corrected chi connectivity index (χ4v) is 7.22. The molecular weight excluding hydrogens is 765 g/mol. The number of unbranched alkanes of at least 4 members (excludes halogenated alkanes) is 23. The maximum atomic E-state index is 12.7. The number of nitrogens with two attached hydrogens (primary N) is 1. The number of esters is 1. The highest BCUT2D eigenvalue weighted by molar-refractivity contribution is 7.47. The minimum Gasteiger partial charge on any atom is -0.480 e. The summed E-state index contributed by atoms with van der Waals surface area (Å²) in [6.45, 7) is 3.75. The number of carboxylic acids is 1. The molecule has 3 unspecified atom stereocenters. The van der Waals surface area contributed by atoms with Crippen molar-refractivity contribution in [1.29, 1.82) is 0 Å². The summed E-state index contributed by atoms with van der Waals surface area (Å²) in [6.07, 6.45) is 51.6. The van der Waals surface area contributed by atoms with Crippen molar-refractivity contribution in [2.24, 2.45) is 5.73 Å². The van der Waals surface area contributed by atoms with E-state index in [1.54, 1.807) is 0 Å². The summed E-state index contributed by atoms with van der Waals surface area (Å²) < 4.78 is 33.4. The minimum absolute atomic E-state index is 0.00688. The van der Waals surface area contributed by atoms with Gasteiger partial charge in [-0.2, -0.15) is 0 Å². The van der Waals surface area contributed by atoms with E-state index in [2.05, 4.69) is 62.5 Å². The van der Waals surface area contributed by atoms with Gasteiger partial charge >= 0.3 is 19.8 Å². The second kappa shape index (κ2) is 44.0. The van der Waals surface area contributed by atoms with Gasteiger partial charge in [0.05, 0.1) is 19.8 Å². The van der Waals surface area contributed by atoms with Gasteiger partial charge in [0, 0.05) is 13.0 Å². The molecule has 0 amide bonds. The summed E-state index contributed by atoms with van der Waals surface area (Å²) in [5.41, 5.74) is 5.36. The van der Waals surface area contributed by atoms with Crippen molar-refractivity contribution in [3.63, 3.8) is 0 Å². The Bertz CT molecular complexity index is 1130. The van der Waals surface area contributed by atoms with Gasteiger partial charge in [-0.25, -0.2) is 4.57 Å². The van der Waals surface area contributed by atoms with Crippen molar-refractivity contribution in [3.05, 3.63) is 48.6 Å². The third kappa shape index (κ3) is 43.8. The fraction of sp³-hybridized carbons (Fsp3) is 0.792. The number of carboxylic acid groups (broad SMARTS) is 1. The number of hydrogen-bond acceptors (Lipinski definition) is 8. The standard InChI is InChI=1S/C48H88NO9P/c1-3-5-7-9-11-13-15-17-19-21-22-23-24-25-26-28-30-32-34-36-38-40-47(50)58-45(43-56-59(53,54)57-44-46(49)48(51)52)42-55-41-39-37-35-33-31-29-27-20-18-16-14-12-10-8-6-4-2/h6,8,12,14,18,20-22,45-46H,3-5,7,9-11,13,15-17,19,23-44,49H2,1-2H3,(H,51,52)(H,53,54)/b8-6-,14-12-,20-18-,22-21-. The highest BCUT2D eigenvalue weighted by Crippen LogP contribution is 2.43. The molecular formula is C48H88NO9P. The number of allylic oxidation sites excluding steroid dienone is 8. The number of phosphoric acid groups is 1. The van der Waals surface area contributed by atoms with Crippen molar-refractivity contribution < 1.29 is 42.7 Å². The number of carbonyl (C=O) groups excluding carboxylic acids is 1. The van der Waals surface area contributed by atoms with Crippen LogP contribution in [0.15, 0.2) is 48.6 Å². The van der Waals surface area contributed by atoms with Crippen molar-refractivity contribution in [3.8, 4) is 0 Å². The van der Waals surface area contributed by atoms with Crippen molar-refractivity contribution in [2.45, 2.75) is 219 Å².